The van der Waals surface area contributed by atoms with Gasteiger partial charge < -0.3 is 18.9 Å². The first-order chi connectivity index (χ1) is 16.2. The maximum absolute atomic E-state index is 13.3. The van der Waals surface area contributed by atoms with Gasteiger partial charge in [0.05, 0.1) is 18.4 Å². The van der Waals surface area contributed by atoms with Crippen molar-refractivity contribution in [2.45, 2.75) is 64.1 Å². The van der Waals surface area contributed by atoms with Crippen LogP contribution in [0.5, 0.6) is 0 Å². The highest BCUT2D eigenvalue weighted by atomic mass is 16.6. The molecule has 8 heteroatoms. The molecule has 6 aliphatic carbocycles. The quantitative estimate of drug-likeness (QED) is 0.316. The highest BCUT2D eigenvalue weighted by molar-refractivity contribution is 5.89. The summed E-state index contributed by atoms with van der Waals surface area (Å²) in [6, 6.07) is 0. The molecule has 0 radical (unpaired) electrons. The van der Waals surface area contributed by atoms with Crippen LogP contribution in [0.4, 0.5) is 0 Å². The molecule has 1 heterocycles. The molecule has 0 amide bonds. The summed E-state index contributed by atoms with van der Waals surface area (Å²) < 4.78 is 21.9. The number of carbonyl (C=O) groups excluding carboxylic acids is 4. The van der Waals surface area contributed by atoms with E-state index in [4.69, 9.17) is 18.9 Å². The van der Waals surface area contributed by atoms with E-state index in [0.29, 0.717) is 13.0 Å². The van der Waals surface area contributed by atoms with Crippen LogP contribution in [0.25, 0.3) is 0 Å². The van der Waals surface area contributed by atoms with E-state index in [-0.39, 0.29) is 28.8 Å². The van der Waals surface area contributed by atoms with Gasteiger partial charge in [0.1, 0.15) is 12.2 Å². The van der Waals surface area contributed by atoms with Crippen LogP contribution >= 0.6 is 0 Å². The molecule has 0 aromatic rings. The van der Waals surface area contributed by atoms with Crippen LogP contribution in [0.2, 0.25) is 0 Å². The number of ether oxygens (including phenoxy) is 4. The van der Waals surface area contributed by atoms with Crippen molar-refractivity contribution in [1.29, 1.82) is 0 Å². The average molecular weight is 473 g/mol. The summed E-state index contributed by atoms with van der Waals surface area (Å²) in [5.41, 5.74) is 0.280. The summed E-state index contributed by atoms with van der Waals surface area (Å²) in [7, 11) is 0. The van der Waals surface area contributed by atoms with Gasteiger partial charge in [0.2, 0.25) is 0 Å². The Kier molecular flexibility index (Phi) is 5.08. The molecule has 7 fully saturated rings. The van der Waals surface area contributed by atoms with Crippen molar-refractivity contribution in [1.82, 2.24) is 0 Å². The number of hydrogen-bond acceptors (Lipinski definition) is 8. The highest BCUT2D eigenvalue weighted by Crippen LogP contribution is 2.61. The van der Waals surface area contributed by atoms with Crippen molar-refractivity contribution in [2.75, 3.05) is 13.2 Å². The van der Waals surface area contributed by atoms with E-state index >= 15 is 0 Å². The maximum Gasteiger partial charge on any atom is 0.344 e. The van der Waals surface area contributed by atoms with E-state index in [2.05, 4.69) is 6.58 Å². The Labute approximate surface area is 198 Å². The van der Waals surface area contributed by atoms with E-state index in [1.165, 1.54) is 26.2 Å². The minimum absolute atomic E-state index is 0.0970. The summed E-state index contributed by atoms with van der Waals surface area (Å²) in [6.07, 6.45) is 6.70. The van der Waals surface area contributed by atoms with Crippen molar-refractivity contribution in [3.8, 4) is 0 Å². The van der Waals surface area contributed by atoms with Gasteiger partial charge in [0.25, 0.3) is 0 Å². The Balaban J connectivity index is 1.11. The van der Waals surface area contributed by atoms with Gasteiger partial charge >= 0.3 is 23.9 Å². The van der Waals surface area contributed by atoms with E-state index in [0.717, 1.165) is 37.0 Å². The second kappa shape index (κ2) is 7.82. The lowest BCUT2D eigenvalue weighted by molar-refractivity contribution is -0.174. The van der Waals surface area contributed by atoms with Crippen LogP contribution in [0.15, 0.2) is 12.2 Å². The molecule has 1 saturated heterocycles. The van der Waals surface area contributed by atoms with Crippen LogP contribution in [-0.2, 0) is 38.1 Å². The fourth-order valence-corrected chi connectivity index (χ4v) is 8.69. The zero-order chi connectivity index (χ0) is 23.8. The zero-order valence-corrected chi connectivity index (χ0v) is 19.5. The lowest BCUT2D eigenvalue weighted by Crippen LogP contribution is -2.49. The smallest absolute Gasteiger partial charge is 0.344 e. The molecule has 6 bridgehead atoms. The molecule has 34 heavy (non-hydrogen) atoms. The van der Waals surface area contributed by atoms with Gasteiger partial charge in [-0.05, 0) is 69.6 Å². The monoisotopic (exact) mass is 472 g/mol. The van der Waals surface area contributed by atoms with E-state index < -0.39 is 48.6 Å². The molecule has 6 unspecified atom stereocenters. The second-order valence-corrected chi connectivity index (χ2v) is 11.9. The van der Waals surface area contributed by atoms with E-state index in [9.17, 15) is 19.2 Å². The molecule has 6 atom stereocenters. The number of carbonyl (C=O) groups is 4. The van der Waals surface area contributed by atoms with Crippen LogP contribution < -0.4 is 0 Å². The van der Waals surface area contributed by atoms with E-state index in [1.807, 2.05) is 0 Å². The Morgan fingerprint density at radius 1 is 1.00 bits per heavy atom. The lowest BCUT2D eigenvalue weighted by atomic mass is 9.50. The fraction of sp³-hybridized carbons (Fsp3) is 0.769. The van der Waals surface area contributed by atoms with Gasteiger partial charge in [-0.25, -0.2) is 9.59 Å². The van der Waals surface area contributed by atoms with Crippen molar-refractivity contribution in [3.05, 3.63) is 12.2 Å². The zero-order valence-electron chi connectivity index (χ0n) is 19.5. The summed E-state index contributed by atoms with van der Waals surface area (Å²) in [5, 5.41) is 0. The van der Waals surface area contributed by atoms with Crippen LogP contribution in [0, 0.1) is 46.8 Å². The van der Waals surface area contributed by atoms with Crippen LogP contribution in [0.3, 0.4) is 0 Å². The molecule has 184 valence electrons. The summed E-state index contributed by atoms with van der Waals surface area (Å²) >= 11 is 0. The lowest BCUT2D eigenvalue weighted by Gasteiger charge is -2.56. The molecule has 7 aliphatic rings. The molecule has 6 saturated carbocycles. The molecular weight excluding hydrogens is 440 g/mol. The first kappa shape index (κ1) is 22.1. The van der Waals surface area contributed by atoms with Gasteiger partial charge in [-0.2, -0.15) is 0 Å². The predicted octanol–water partition coefficient (Wildman–Crippen LogP) is 2.58. The third-order valence-corrected chi connectivity index (χ3v) is 9.44. The van der Waals surface area contributed by atoms with Gasteiger partial charge in [-0.15, -0.1) is 0 Å². The standard InChI is InChI=1S/C26H32O8/c1-12(2)23(28)31-10-18(27)33-21-16-6-17-20(25(30)34-22(17)21)19(16)24(29)32-11-26-7-13-3-14(8-26)5-15(4-13)9-26/h13-17,19-22H,1,3-11H2,2H3. The molecule has 0 N–H and O–H groups in total. The average Bonchev–Trinajstić information content (AvgIpc) is 3.39. The third kappa shape index (κ3) is 3.47. The summed E-state index contributed by atoms with van der Waals surface area (Å²) in [6.45, 7) is 4.84. The fourth-order valence-electron chi connectivity index (χ4n) is 8.69. The number of rotatable bonds is 7. The topological polar surface area (TPSA) is 105 Å². The third-order valence-electron chi connectivity index (χ3n) is 9.44. The molecular formula is C26H32O8. The molecule has 0 spiro atoms. The Morgan fingerprint density at radius 2 is 1.65 bits per heavy atom. The predicted molar refractivity (Wildman–Crippen MR) is 116 cm³/mol. The normalized spacial score (nSPS) is 44.6. The Hall–Kier alpha value is -2.38. The Morgan fingerprint density at radius 3 is 2.26 bits per heavy atom. The van der Waals surface area contributed by atoms with E-state index in [1.54, 1.807) is 0 Å². The van der Waals surface area contributed by atoms with Gasteiger partial charge in [0, 0.05) is 22.8 Å². The Bertz CT molecular complexity index is 917. The number of hydrogen-bond donors (Lipinski definition) is 0. The largest absolute Gasteiger partial charge is 0.465 e. The van der Waals surface area contributed by atoms with Gasteiger partial charge in [0.15, 0.2) is 6.61 Å². The van der Waals surface area contributed by atoms with Crippen molar-refractivity contribution < 1.29 is 38.1 Å². The minimum atomic E-state index is -0.729. The van der Waals surface area contributed by atoms with Crippen molar-refractivity contribution in [3.63, 3.8) is 0 Å². The number of esters is 4. The minimum Gasteiger partial charge on any atom is -0.465 e. The van der Waals surface area contributed by atoms with Crippen molar-refractivity contribution >= 4 is 23.9 Å². The SMILES string of the molecule is C=C(C)C(=O)OCC(=O)OC1C2CC3C1OC(=O)C3C2C(=O)OCC12CC3CC(CC(C3)C1)C2. The molecule has 0 aromatic heterocycles. The first-order valence-corrected chi connectivity index (χ1v) is 12.6. The molecule has 0 aromatic carbocycles. The molecule has 7 rings (SSSR count). The van der Waals surface area contributed by atoms with Crippen LogP contribution in [0.1, 0.15) is 51.9 Å². The first-order valence-electron chi connectivity index (χ1n) is 12.6. The van der Waals surface area contributed by atoms with Gasteiger partial charge in [-0.3, -0.25) is 9.59 Å². The van der Waals surface area contributed by atoms with Crippen LogP contribution in [-0.4, -0.2) is 49.3 Å². The molecule has 1 aliphatic heterocycles. The second-order valence-electron chi connectivity index (χ2n) is 11.9. The number of fused-ring (bicyclic) bond motifs is 1. The van der Waals surface area contributed by atoms with Crippen molar-refractivity contribution in [2.24, 2.45) is 46.8 Å². The summed E-state index contributed by atoms with van der Waals surface area (Å²) in [5.74, 6) is -1.52. The van der Waals surface area contributed by atoms with Gasteiger partial charge in [-0.1, -0.05) is 6.58 Å². The maximum atomic E-state index is 13.3. The molecule has 8 nitrogen and oxygen atoms in total. The summed E-state index contributed by atoms with van der Waals surface area (Å²) in [4.78, 5) is 49.8. The highest BCUT2D eigenvalue weighted by Gasteiger charge is 2.70.